The molecule has 0 fully saturated rings. The number of esters is 1. The first kappa shape index (κ1) is 66.6. The van der Waals surface area contributed by atoms with Gasteiger partial charge in [-0.25, -0.2) is 0 Å². The zero-order chi connectivity index (χ0) is 49.3. The number of allylic oxidation sites excluding steroid dienone is 2. The van der Waals surface area contributed by atoms with E-state index in [4.69, 9.17) is 4.74 Å². The molecule has 0 saturated heterocycles. The lowest BCUT2D eigenvalue weighted by Crippen LogP contribution is -2.45. The van der Waals surface area contributed by atoms with E-state index >= 15 is 0 Å². The lowest BCUT2D eigenvalue weighted by atomic mass is 10.0. The van der Waals surface area contributed by atoms with Crippen molar-refractivity contribution < 1.29 is 24.5 Å². The molecule has 0 aliphatic carbocycles. The maximum atomic E-state index is 12.4. The zero-order valence-electron chi connectivity index (χ0n) is 46.1. The molecule has 0 aromatic heterocycles. The Morgan fingerprint density at radius 1 is 0.397 bits per heavy atom. The second-order valence-electron chi connectivity index (χ2n) is 21.4. The van der Waals surface area contributed by atoms with E-state index in [9.17, 15) is 19.8 Å². The molecule has 0 aliphatic heterocycles. The average Bonchev–Trinajstić information content (AvgIpc) is 3.34. The second-order valence-corrected chi connectivity index (χ2v) is 21.4. The van der Waals surface area contributed by atoms with Crippen LogP contribution in [0.5, 0.6) is 0 Å². The molecule has 2 unspecified atom stereocenters. The van der Waals surface area contributed by atoms with Crippen LogP contribution >= 0.6 is 0 Å². The molecule has 1 amide bonds. The molecule has 0 heterocycles. The highest BCUT2D eigenvalue weighted by Crippen LogP contribution is 2.18. The molecule has 404 valence electrons. The van der Waals surface area contributed by atoms with Crippen LogP contribution in [0, 0.1) is 0 Å². The molecule has 0 aromatic carbocycles. The molecule has 6 nitrogen and oxygen atoms in total. The lowest BCUT2D eigenvalue weighted by Gasteiger charge is -2.22. The van der Waals surface area contributed by atoms with Crippen molar-refractivity contribution in [1.82, 2.24) is 5.32 Å². The van der Waals surface area contributed by atoms with Crippen LogP contribution in [0.4, 0.5) is 0 Å². The topological polar surface area (TPSA) is 95.9 Å². The van der Waals surface area contributed by atoms with E-state index < -0.39 is 12.1 Å². The van der Waals surface area contributed by atoms with Crippen molar-refractivity contribution >= 4 is 11.9 Å². The van der Waals surface area contributed by atoms with Crippen molar-refractivity contribution in [3.05, 3.63) is 12.2 Å². The summed E-state index contributed by atoms with van der Waals surface area (Å²) in [6.45, 7) is 4.95. The number of carbonyl (C=O) groups is 2. The van der Waals surface area contributed by atoms with Gasteiger partial charge in [0.25, 0.3) is 0 Å². The molecule has 0 bridgehead atoms. The Labute approximate surface area is 425 Å². The van der Waals surface area contributed by atoms with E-state index in [2.05, 4.69) is 31.3 Å². The van der Waals surface area contributed by atoms with Crippen LogP contribution in [0.3, 0.4) is 0 Å². The predicted molar refractivity (Wildman–Crippen MR) is 297 cm³/mol. The van der Waals surface area contributed by atoms with Gasteiger partial charge in [-0.3, -0.25) is 9.59 Å². The molecular formula is C62H121NO5. The van der Waals surface area contributed by atoms with Gasteiger partial charge in [-0.15, -0.1) is 0 Å². The molecule has 2 atom stereocenters. The highest BCUT2D eigenvalue weighted by molar-refractivity contribution is 5.76. The summed E-state index contributed by atoms with van der Waals surface area (Å²) in [7, 11) is 0. The largest absolute Gasteiger partial charge is 0.466 e. The summed E-state index contributed by atoms with van der Waals surface area (Å²) in [6.07, 6.45) is 69.6. The summed E-state index contributed by atoms with van der Waals surface area (Å²) in [5.41, 5.74) is 0. The Hall–Kier alpha value is -1.40. The molecule has 3 N–H and O–H groups in total. The maximum absolute atomic E-state index is 12.4. The first-order valence-corrected chi connectivity index (χ1v) is 30.9. The number of aliphatic hydroxyl groups is 2. The lowest BCUT2D eigenvalue weighted by molar-refractivity contribution is -0.143. The van der Waals surface area contributed by atoms with Crippen molar-refractivity contribution in [3.63, 3.8) is 0 Å². The number of unbranched alkanes of at least 4 members (excludes halogenated alkanes) is 45. The van der Waals surface area contributed by atoms with Crippen LogP contribution in [0.2, 0.25) is 0 Å². The van der Waals surface area contributed by atoms with Gasteiger partial charge < -0.3 is 20.3 Å². The van der Waals surface area contributed by atoms with E-state index in [1.54, 1.807) is 0 Å². The molecular weight excluding hydrogens is 839 g/mol. The fourth-order valence-electron chi connectivity index (χ4n) is 9.81. The monoisotopic (exact) mass is 960 g/mol. The minimum atomic E-state index is -0.661. The van der Waals surface area contributed by atoms with Crippen molar-refractivity contribution in [1.29, 1.82) is 0 Å². The molecule has 0 spiro atoms. The number of rotatable bonds is 58. The summed E-state index contributed by atoms with van der Waals surface area (Å²) in [6, 6.07) is -0.538. The summed E-state index contributed by atoms with van der Waals surface area (Å²) >= 11 is 0. The van der Waals surface area contributed by atoms with E-state index in [0.717, 1.165) is 38.5 Å². The van der Waals surface area contributed by atoms with E-state index in [-0.39, 0.29) is 18.5 Å². The Morgan fingerprint density at radius 2 is 0.691 bits per heavy atom. The number of nitrogens with one attached hydrogen (secondary N) is 1. The summed E-state index contributed by atoms with van der Waals surface area (Å²) in [5, 5.41) is 23.1. The molecule has 6 heteroatoms. The number of hydrogen-bond donors (Lipinski definition) is 3. The normalized spacial score (nSPS) is 12.6. The quantitative estimate of drug-likeness (QED) is 0.0321. The van der Waals surface area contributed by atoms with Gasteiger partial charge in [-0.2, -0.15) is 0 Å². The first-order chi connectivity index (χ1) is 33.5. The van der Waals surface area contributed by atoms with E-state index in [0.29, 0.717) is 25.9 Å². The molecule has 0 radical (unpaired) electrons. The second kappa shape index (κ2) is 58.2. The van der Waals surface area contributed by atoms with Crippen LogP contribution in [0.15, 0.2) is 12.2 Å². The Bertz CT molecular complexity index is 1020. The summed E-state index contributed by atoms with van der Waals surface area (Å²) in [5.74, 6) is -0.0175. The predicted octanol–water partition coefficient (Wildman–Crippen LogP) is 19.2. The Kier molecular flexibility index (Phi) is 57.0. The van der Waals surface area contributed by atoms with Gasteiger partial charge in [0.05, 0.1) is 25.4 Å². The Morgan fingerprint density at radius 3 is 1.04 bits per heavy atom. The molecule has 68 heavy (non-hydrogen) atoms. The molecule has 0 aliphatic rings. The van der Waals surface area contributed by atoms with E-state index in [1.807, 2.05) is 0 Å². The third kappa shape index (κ3) is 53.9. The fourth-order valence-corrected chi connectivity index (χ4v) is 9.81. The third-order valence-corrected chi connectivity index (χ3v) is 14.6. The van der Waals surface area contributed by atoms with Crippen molar-refractivity contribution in [3.8, 4) is 0 Å². The standard InChI is InChI=1S/C62H121NO5/c1-3-5-7-9-11-13-14-15-33-36-40-44-48-52-56-62(67)68-57-53-49-45-41-37-34-31-29-27-25-23-21-19-17-16-18-20-22-24-26-28-30-32-35-39-43-47-51-55-61(66)63-59(58-64)60(65)54-50-46-42-38-12-10-8-6-4-2/h16-17,59-60,64-65H,3-15,18-58H2,1-2H3,(H,63,66)/b17-16-. The van der Waals surface area contributed by atoms with Gasteiger partial charge in [0.15, 0.2) is 0 Å². The number of hydrogen-bond acceptors (Lipinski definition) is 5. The smallest absolute Gasteiger partial charge is 0.305 e. The third-order valence-electron chi connectivity index (χ3n) is 14.6. The zero-order valence-corrected chi connectivity index (χ0v) is 46.1. The van der Waals surface area contributed by atoms with Crippen LogP contribution in [0.1, 0.15) is 348 Å². The SMILES string of the molecule is CCCCCCCCCCCCCCCCC(=O)OCCCCCCCCCCCCCC/C=C\CCCCCCCCCCCCCCC(=O)NC(CO)C(O)CCCCCCCCCCC. The molecule has 0 rings (SSSR count). The fraction of sp³-hybridized carbons (Fsp3) is 0.935. The van der Waals surface area contributed by atoms with Crippen LogP contribution in [-0.2, 0) is 14.3 Å². The van der Waals surface area contributed by atoms with Crippen molar-refractivity contribution in [2.24, 2.45) is 0 Å². The van der Waals surface area contributed by atoms with Crippen LogP contribution in [-0.4, -0.2) is 47.4 Å². The molecule has 0 saturated carbocycles. The minimum absolute atomic E-state index is 0.0185. The number of ether oxygens (including phenoxy) is 1. The van der Waals surface area contributed by atoms with Crippen LogP contribution in [0.25, 0.3) is 0 Å². The highest BCUT2D eigenvalue weighted by Gasteiger charge is 2.20. The number of amides is 1. The summed E-state index contributed by atoms with van der Waals surface area (Å²) in [4.78, 5) is 24.5. The van der Waals surface area contributed by atoms with Gasteiger partial charge >= 0.3 is 5.97 Å². The van der Waals surface area contributed by atoms with Gasteiger partial charge in [0.2, 0.25) is 5.91 Å². The minimum Gasteiger partial charge on any atom is -0.466 e. The maximum Gasteiger partial charge on any atom is 0.305 e. The van der Waals surface area contributed by atoms with Crippen LogP contribution < -0.4 is 5.32 Å². The molecule has 0 aromatic rings. The van der Waals surface area contributed by atoms with Crippen molar-refractivity contribution in [2.45, 2.75) is 360 Å². The van der Waals surface area contributed by atoms with E-state index in [1.165, 1.54) is 276 Å². The van der Waals surface area contributed by atoms with Gasteiger partial charge in [0.1, 0.15) is 0 Å². The van der Waals surface area contributed by atoms with Gasteiger partial charge in [0, 0.05) is 12.8 Å². The highest BCUT2D eigenvalue weighted by atomic mass is 16.5. The van der Waals surface area contributed by atoms with Gasteiger partial charge in [-0.1, -0.05) is 296 Å². The van der Waals surface area contributed by atoms with Gasteiger partial charge in [-0.05, 0) is 51.4 Å². The average molecular weight is 961 g/mol. The summed E-state index contributed by atoms with van der Waals surface area (Å²) < 4.78 is 5.49. The number of carbonyl (C=O) groups excluding carboxylic acids is 2. The Balaban J connectivity index is 3.33. The first-order valence-electron chi connectivity index (χ1n) is 30.9. The number of aliphatic hydroxyl groups excluding tert-OH is 2. The van der Waals surface area contributed by atoms with Crippen molar-refractivity contribution in [2.75, 3.05) is 13.2 Å².